The van der Waals surface area contributed by atoms with Crippen molar-refractivity contribution in [2.24, 2.45) is 0 Å². The van der Waals surface area contributed by atoms with Crippen LogP contribution in [0.1, 0.15) is 36.7 Å². The van der Waals surface area contributed by atoms with Crippen LogP contribution in [-0.4, -0.2) is 48.8 Å². The van der Waals surface area contributed by atoms with Gasteiger partial charge in [-0.2, -0.15) is 28.0 Å². The van der Waals surface area contributed by atoms with E-state index in [-0.39, 0.29) is 18.0 Å². The molecule has 3 N–H and O–H groups in total. The number of benzene rings is 1. The molecule has 1 saturated carbocycles. The molecule has 196 valence electrons. The number of anilines is 1. The zero-order chi connectivity index (χ0) is 27.4. The first kappa shape index (κ1) is 25.7. The number of aliphatic hydroxyl groups is 1. The average Bonchev–Trinajstić information content (AvgIpc) is 3.19. The Labute approximate surface area is 219 Å². The van der Waals surface area contributed by atoms with Crippen LogP contribution < -0.4 is 10.6 Å². The minimum atomic E-state index is -4.90. The fourth-order valence-corrected chi connectivity index (χ4v) is 5.08. The topological polar surface area (TPSA) is 128 Å². The number of nitriles is 1. The number of aromatic nitrogens is 4. The van der Waals surface area contributed by atoms with Crippen molar-refractivity contribution >= 4 is 39.9 Å². The molecule has 13 heteroatoms. The number of nitrogens with one attached hydrogen (secondary N) is 2. The molecule has 0 radical (unpaired) electrons. The van der Waals surface area contributed by atoms with Crippen molar-refractivity contribution in [2.75, 3.05) is 11.9 Å². The van der Waals surface area contributed by atoms with Gasteiger partial charge in [0.2, 0.25) is 5.91 Å². The summed E-state index contributed by atoms with van der Waals surface area (Å²) in [6.07, 6.45) is -3.07. The van der Waals surface area contributed by atoms with Crippen LogP contribution >= 0.6 is 11.6 Å². The van der Waals surface area contributed by atoms with Crippen LogP contribution in [0.2, 0.25) is 5.02 Å². The summed E-state index contributed by atoms with van der Waals surface area (Å²) in [5, 5.41) is 29.7. The van der Waals surface area contributed by atoms with Gasteiger partial charge >= 0.3 is 6.18 Å². The van der Waals surface area contributed by atoms with E-state index in [1.807, 2.05) is 0 Å². The van der Waals surface area contributed by atoms with Gasteiger partial charge in [0.15, 0.2) is 11.3 Å². The van der Waals surface area contributed by atoms with Crippen molar-refractivity contribution in [1.82, 2.24) is 24.9 Å². The van der Waals surface area contributed by atoms with Gasteiger partial charge in [-0.3, -0.25) is 9.78 Å². The van der Waals surface area contributed by atoms with Crippen molar-refractivity contribution in [3.63, 3.8) is 0 Å². The molecule has 1 fully saturated rings. The summed E-state index contributed by atoms with van der Waals surface area (Å²) in [5.74, 6) is -0.376. The summed E-state index contributed by atoms with van der Waals surface area (Å²) in [6.45, 7) is 3.09. The lowest BCUT2D eigenvalue weighted by molar-refractivity contribution is -0.141. The third-order valence-electron chi connectivity index (χ3n) is 6.53. The molecule has 1 aliphatic rings. The van der Waals surface area contributed by atoms with Crippen LogP contribution in [0.25, 0.3) is 27.7 Å². The highest BCUT2D eigenvalue weighted by Gasteiger charge is 2.41. The molecule has 4 aromatic rings. The summed E-state index contributed by atoms with van der Waals surface area (Å²) in [4.78, 5) is 21.4. The van der Waals surface area contributed by atoms with Crippen molar-refractivity contribution < 1.29 is 23.1 Å². The summed E-state index contributed by atoms with van der Waals surface area (Å²) in [5.41, 5.74) is -1.16. The van der Waals surface area contributed by atoms with Gasteiger partial charge in [0.25, 0.3) is 0 Å². The smallest absolute Gasteiger partial charge is 0.393 e. The van der Waals surface area contributed by atoms with Crippen LogP contribution in [-0.2, 0) is 11.0 Å². The Bertz CT molecular complexity index is 1640. The number of aliphatic hydroxyl groups excluding tert-OH is 1. The normalized spacial score (nSPS) is 19.3. The van der Waals surface area contributed by atoms with Crippen LogP contribution in [0.15, 0.2) is 30.5 Å². The molecule has 0 unspecified atom stereocenters. The maximum absolute atomic E-state index is 13.8. The highest BCUT2D eigenvalue weighted by Crippen LogP contribution is 2.39. The number of hydrogen-bond donors (Lipinski definition) is 3. The fourth-order valence-electron chi connectivity index (χ4n) is 4.91. The van der Waals surface area contributed by atoms with Crippen molar-refractivity contribution in [3.05, 3.63) is 52.4 Å². The van der Waals surface area contributed by atoms with Crippen molar-refractivity contribution in [3.8, 4) is 17.2 Å². The Hall–Kier alpha value is -3.95. The molecular weight excluding hydrogens is 523 g/mol. The number of alkyl halides is 3. The van der Waals surface area contributed by atoms with Gasteiger partial charge in [-0.05, 0) is 50.5 Å². The van der Waals surface area contributed by atoms with Gasteiger partial charge in [-0.1, -0.05) is 17.7 Å². The number of carbonyl (C=O) groups excluding carboxylic acids is 1. The summed E-state index contributed by atoms with van der Waals surface area (Å²) < 4.78 is 42.2. The molecule has 38 heavy (non-hydrogen) atoms. The molecule has 5 rings (SSSR count). The lowest BCUT2D eigenvalue weighted by atomic mass is 9.76. The lowest BCUT2D eigenvalue weighted by Crippen LogP contribution is -2.58. The first-order chi connectivity index (χ1) is 17.9. The molecule has 1 aromatic carbocycles. The second-order valence-corrected chi connectivity index (χ2v) is 9.97. The van der Waals surface area contributed by atoms with Crippen LogP contribution in [0.3, 0.4) is 0 Å². The number of hydrogen-bond acceptors (Lipinski definition) is 7. The number of rotatable bonds is 5. The third-order valence-corrected chi connectivity index (χ3v) is 6.76. The first-order valence-electron chi connectivity index (χ1n) is 11.6. The molecule has 0 atom stereocenters. The van der Waals surface area contributed by atoms with Crippen LogP contribution in [0.4, 0.5) is 19.0 Å². The number of nitrogens with zero attached hydrogens (tertiary/aromatic N) is 5. The third kappa shape index (κ3) is 4.48. The highest BCUT2D eigenvalue weighted by molar-refractivity contribution is 6.31. The molecule has 0 saturated heterocycles. The van der Waals surface area contributed by atoms with Crippen LogP contribution in [0.5, 0.6) is 0 Å². The Morgan fingerprint density at radius 2 is 2.08 bits per heavy atom. The van der Waals surface area contributed by atoms with Crippen molar-refractivity contribution in [1.29, 1.82) is 5.26 Å². The number of pyridine rings is 1. The minimum Gasteiger partial charge on any atom is -0.393 e. The second kappa shape index (κ2) is 9.11. The summed E-state index contributed by atoms with van der Waals surface area (Å²) >= 11 is 6.12. The Morgan fingerprint density at radius 3 is 2.74 bits per heavy atom. The molecule has 1 amide bonds. The van der Waals surface area contributed by atoms with Crippen molar-refractivity contribution in [2.45, 2.75) is 44.5 Å². The van der Waals surface area contributed by atoms with E-state index in [0.717, 1.165) is 4.52 Å². The molecule has 3 aromatic heterocycles. The average molecular weight is 544 g/mol. The van der Waals surface area contributed by atoms with E-state index < -0.39 is 35.0 Å². The van der Waals surface area contributed by atoms with E-state index in [4.69, 9.17) is 11.6 Å². The van der Waals surface area contributed by atoms with Gasteiger partial charge in [0, 0.05) is 27.7 Å². The number of aryl methyl sites for hydroxylation is 1. The van der Waals surface area contributed by atoms with E-state index in [9.17, 15) is 28.3 Å². The summed E-state index contributed by atoms with van der Waals surface area (Å²) in [7, 11) is 0. The predicted octanol–water partition coefficient (Wildman–Crippen LogP) is 4.24. The SMILES string of the molecule is Cc1nc2c(C#N)c(C(F)(F)F)nn2c(NCC(=O)NC2(C)CC(O)C2)c1-c1ccnc2cc(Cl)ccc12. The quantitative estimate of drug-likeness (QED) is 0.343. The van der Waals surface area contributed by atoms with E-state index in [2.05, 4.69) is 25.7 Å². The van der Waals surface area contributed by atoms with Gasteiger partial charge in [-0.25, -0.2) is 4.98 Å². The van der Waals surface area contributed by atoms with Gasteiger partial charge in [0.1, 0.15) is 17.5 Å². The molecule has 0 aliphatic heterocycles. The minimum absolute atomic E-state index is 0.0518. The standard InChI is InChI=1S/C25H21ClF3N7O2/c1-12-20(16-5-6-31-18-7-13(26)3-4-15(16)18)23(32-11-19(38)34-24(2)8-14(37)9-24)36-22(33-12)17(10-30)21(35-36)25(27,28)29/h3-7,14,32,37H,8-9,11H2,1-2H3,(H,34,38). The fraction of sp³-hybridized carbons (Fsp3) is 0.320. The van der Waals surface area contributed by atoms with Gasteiger partial charge in [0.05, 0.1) is 23.9 Å². The van der Waals surface area contributed by atoms with Crippen LogP contribution in [0, 0.1) is 18.3 Å². The molecule has 0 spiro atoms. The molecule has 3 heterocycles. The van der Waals surface area contributed by atoms with Gasteiger partial charge in [-0.15, -0.1) is 0 Å². The van der Waals surface area contributed by atoms with E-state index in [0.29, 0.717) is 45.6 Å². The maximum atomic E-state index is 13.8. The zero-order valence-corrected chi connectivity index (χ0v) is 20.9. The molecule has 9 nitrogen and oxygen atoms in total. The summed E-state index contributed by atoms with van der Waals surface area (Å²) in [6, 6.07) is 8.29. The second-order valence-electron chi connectivity index (χ2n) is 9.53. The van der Waals surface area contributed by atoms with Gasteiger partial charge < -0.3 is 15.7 Å². The van der Waals surface area contributed by atoms with E-state index in [1.165, 1.54) is 6.20 Å². The molecule has 0 bridgehead atoms. The number of carbonyl (C=O) groups is 1. The lowest BCUT2D eigenvalue weighted by Gasteiger charge is -2.43. The monoisotopic (exact) mass is 543 g/mol. The first-order valence-corrected chi connectivity index (χ1v) is 12.0. The predicted molar refractivity (Wildman–Crippen MR) is 133 cm³/mol. The zero-order valence-electron chi connectivity index (χ0n) is 20.2. The van der Waals surface area contributed by atoms with E-state index in [1.54, 1.807) is 44.2 Å². The number of fused-ring (bicyclic) bond motifs is 2. The molecule has 1 aliphatic carbocycles. The highest BCUT2D eigenvalue weighted by atomic mass is 35.5. The van der Waals surface area contributed by atoms with E-state index >= 15 is 0 Å². The number of halogens is 4. The maximum Gasteiger partial charge on any atom is 0.436 e. The Kier molecular flexibility index (Phi) is 6.16. The Balaban J connectivity index is 1.68. The molecular formula is C25H21ClF3N7O2. The Morgan fingerprint density at radius 1 is 1.34 bits per heavy atom. The largest absolute Gasteiger partial charge is 0.436 e. The number of amides is 1.